The molecule has 182 valence electrons. The highest BCUT2D eigenvalue weighted by Gasteiger charge is 2.38. The number of halogens is 3. The largest absolute Gasteiger partial charge is 0.458 e. The van der Waals surface area contributed by atoms with Gasteiger partial charge in [0, 0.05) is 18.7 Å². The number of likely N-dealkylation sites (tertiary alicyclic amines) is 1. The first-order valence-corrected chi connectivity index (χ1v) is 12.4. The van der Waals surface area contributed by atoms with Gasteiger partial charge in [-0.1, -0.05) is 40.9 Å². The molecule has 1 aliphatic carbocycles. The number of alkyl halides is 3. The van der Waals surface area contributed by atoms with Crippen molar-refractivity contribution in [1.29, 1.82) is 0 Å². The Hall–Kier alpha value is -2.81. The summed E-state index contributed by atoms with van der Waals surface area (Å²) in [7, 11) is 0. The molecule has 1 atom stereocenters. The molecule has 2 N–H and O–H groups in total. The lowest BCUT2D eigenvalue weighted by Gasteiger charge is -2.34. The van der Waals surface area contributed by atoms with Crippen LogP contribution in [0.15, 0.2) is 54.6 Å². The number of amides is 1. The molecular weight excluding hydrogens is 511 g/mol. The van der Waals surface area contributed by atoms with Gasteiger partial charge in [-0.15, -0.1) is 0 Å². The summed E-state index contributed by atoms with van der Waals surface area (Å²) in [4.78, 5) is 22.7. The van der Waals surface area contributed by atoms with E-state index < -0.39 is 9.70 Å². The van der Waals surface area contributed by atoms with Gasteiger partial charge in [0.15, 0.2) is 5.65 Å². The Balaban J connectivity index is 1.47. The van der Waals surface area contributed by atoms with Gasteiger partial charge in [-0.05, 0) is 62.1 Å². The third-order valence-electron chi connectivity index (χ3n) is 6.11. The Morgan fingerprint density at radius 2 is 1.94 bits per heavy atom. The summed E-state index contributed by atoms with van der Waals surface area (Å²) in [6.07, 6.45) is 11.1. The van der Waals surface area contributed by atoms with E-state index in [-0.39, 0.29) is 6.04 Å². The molecule has 11 heteroatoms. The maximum atomic E-state index is 12.6. The zero-order chi connectivity index (χ0) is 24.6. The second kappa shape index (κ2) is 9.68. The maximum absolute atomic E-state index is 12.6. The van der Waals surface area contributed by atoms with Crippen molar-refractivity contribution in [1.82, 2.24) is 24.6 Å². The van der Waals surface area contributed by atoms with Crippen LogP contribution in [0, 0.1) is 0 Å². The number of ether oxygens (including phenoxy) is 1. The fraction of sp³-hybridized carbons (Fsp3) is 0.333. The predicted molar refractivity (Wildman–Crippen MR) is 137 cm³/mol. The van der Waals surface area contributed by atoms with E-state index in [9.17, 15) is 4.79 Å². The molecule has 8 nitrogen and oxygen atoms in total. The molecule has 1 saturated heterocycles. The van der Waals surface area contributed by atoms with Crippen molar-refractivity contribution in [3.8, 4) is 17.0 Å². The van der Waals surface area contributed by atoms with Gasteiger partial charge in [0.25, 0.3) is 9.70 Å². The number of anilines is 1. The van der Waals surface area contributed by atoms with Gasteiger partial charge in [-0.3, -0.25) is 4.79 Å². The molecule has 1 fully saturated rings. The van der Waals surface area contributed by atoms with Crippen molar-refractivity contribution in [2.24, 2.45) is 0 Å². The van der Waals surface area contributed by atoms with E-state index in [2.05, 4.69) is 22.1 Å². The SMILES string of the molecule is Nc1ncnc2c1c(-c1ccc(OC3=CCCC=C3)cc1)nn2[C@@H]1CCCN(C(=O)C(Cl)(Cl)Cl)C1. The summed E-state index contributed by atoms with van der Waals surface area (Å²) >= 11 is 17.5. The van der Waals surface area contributed by atoms with Gasteiger partial charge < -0.3 is 15.4 Å². The Labute approximate surface area is 217 Å². The summed E-state index contributed by atoms with van der Waals surface area (Å²) < 4.78 is 5.76. The van der Waals surface area contributed by atoms with E-state index >= 15 is 0 Å². The summed E-state index contributed by atoms with van der Waals surface area (Å²) in [5.41, 5.74) is 8.36. The molecule has 2 aromatic heterocycles. The Morgan fingerprint density at radius 1 is 1.14 bits per heavy atom. The van der Waals surface area contributed by atoms with Crippen LogP contribution in [0.25, 0.3) is 22.3 Å². The van der Waals surface area contributed by atoms with Crippen LogP contribution in [0.3, 0.4) is 0 Å². The number of hydrogen-bond donors (Lipinski definition) is 1. The van der Waals surface area contributed by atoms with Crippen LogP contribution in [0.5, 0.6) is 5.75 Å². The highest BCUT2D eigenvalue weighted by Crippen LogP contribution is 2.36. The van der Waals surface area contributed by atoms with E-state index in [0.29, 0.717) is 35.6 Å². The molecule has 0 unspecified atom stereocenters. The van der Waals surface area contributed by atoms with Crippen molar-refractivity contribution >= 4 is 57.6 Å². The van der Waals surface area contributed by atoms with Crippen LogP contribution in [0.2, 0.25) is 0 Å². The number of allylic oxidation sites excluding steroid dienone is 3. The molecule has 0 saturated carbocycles. The number of nitrogens with two attached hydrogens (primary N) is 1. The number of rotatable bonds is 4. The summed E-state index contributed by atoms with van der Waals surface area (Å²) in [6.45, 7) is 0.863. The number of piperidine rings is 1. The van der Waals surface area contributed by atoms with E-state index in [1.807, 2.05) is 35.0 Å². The molecule has 3 aromatic rings. The van der Waals surface area contributed by atoms with Crippen LogP contribution < -0.4 is 10.5 Å². The number of nitrogen functional groups attached to an aromatic ring is 1. The number of carbonyl (C=O) groups excluding carboxylic acids is 1. The molecule has 35 heavy (non-hydrogen) atoms. The quantitative estimate of drug-likeness (QED) is 0.462. The summed E-state index contributed by atoms with van der Waals surface area (Å²) in [5.74, 6) is 1.35. The van der Waals surface area contributed by atoms with Crippen LogP contribution in [0.1, 0.15) is 31.7 Å². The van der Waals surface area contributed by atoms with Gasteiger partial charge in [-0.2, -0.15) is 5.10 Å². The van der Waals surface area contributed by atoms with Crippen molar-refractivity contribution < 1.29 is 9.53 Å². The highest BCUT2D eigenvalue weighted by molar-refractivity contribution is 6.76. The number of aromatic nitrogens is 4. The van der Waals surface area contributed by atoms with Crippen LogP contribution in [0.4, 0.5) is 5.82 Å². The number of nitrogens with zero attached hydrogens (tertiary/aromatic N) is 5. The fourth-order valence-corrected chi connectivity index (χ4v) is 4.81. The highest BCUT2D eigenvalue weighted by atomic mass is 35.6. The molecular formula is C24H23Cl3N6O2. The number of fused-ring (bicyclic) bond motifs is 1. The van der Waals surface area contributed by atoms with E-state index in [0.717, 1.165) is 42.8 Å². The molecule has 3 heterocycles. The molecule has 5 rings (SSSR count). The molecule has 0 radical (unpaired) electrons. The number of carbonyl (C=O) groups is 1. The van der Waals surface area contributed by atoms with Crippen LogP contribution in [-0.2, 0) is 4.79 Å². The zero-order valence-electron chi connectivity index (χ0n) is 18.7. The van der Waals surface area contributed by atoms with Crippen LogP contribution >= 0.6 is 34.8 Å². The Morgan fingerprint density at radius 3 is 2.66 bits per heavy atom. The molecule has 0 bridgehead atoms. The van der Waals surface area contributed by atoms with Crippen molar-refractivity contribution in [2.75, 3.05) is 18.8 Å². The van der Waals surface area contributed by atoms with Gasteiger partial charge in [0.2, 0.25) is 0 Å². The zero-order valence-corrected chi connectivity index (χ0v) is 21.0. The van der Waals surface area contributed by atoms with Gasteiger partial charge >= 0.3 is 0 Å². The van der Waals surface area contributed by atoms with Crippen molar-refractivity contribution in [3.63, 3.8) is 0 Å². The van der Waals surface area contributed by atoms with Gasteiger partial charge in [0.1, 0.15) is 29.3 Å². The lowest BCUT2D eigenvalue weighted by Crippen LogP contribution is -2.45. The summed E-state index contributed by atoms with van der Waals surface area (Å²) in [6, 6.07) is 7.50. The number of hydrogen-bond acceptors (Lipinski definition) is 6. The van der Waals surface area contributed by atoms with E-state index in [4.69, 9.17) is 50.4 Å². The first kappa shape index (κ1) is 23.9. The Bertz CT molecular complexity index is 1310. The predicted octanol–water partition coefficient (Wildman–Crippen LogP) is 5.22. The molecule has 0 spiro atoms. The third-order valence-corrected chi connectivity index (χ3v) is 6.60. The second-order valence-corrected chi connectivity index (χ2v) is 10.8. The fourth-order valence-electron chi connectivity index (χ4n) is 4.45. The average molecular weight is 534 g/mol. The van der Waals surface area contributed by atoms with Gasteiger partial charge in [0.05, 0.1) is 11.4 Å². The monoisotopic (exact) mass is 532 g/mol. The number of benzene rings is 1. The van der Waals surface area contributed by atoms with Crippen molar-refractivity contribution in [2.45, 2.75) is 35.5 Å². The second-order valence-electron chi connectivity index (χ2n) is 8.51. The summed E-state index contributed by atoms with van der Waals surface area (Å²) in [5, 5.41) is 5.54. The smallest absolute Gasteiger partial charge is 0.274 e. The van der Waals surface area contributed by atoms with Gasteiger partial charge in [-0.25, -0.2) is 14.6 Å². The molecule has 1 aromatic carbocycles. The maximum Gasteiger partial charge on any atom is 0.274 e. The normalized spacial score (nSPS) is 18.5. The minimum absolute atomic E-state index is 0.154. The third kappa shape index (κ3) is 4.96. The first-order valence-electron chi connectivity index (χ1n) is 11.3. The van der Waals surface area contributed by atoms with Crippen LogP contribution in [-0.4, -0.2) is 47.4 Å². The molecule has 2 aliphatic rings. The minimum atomic E-state index is -2.00. The van der Waals surface area contributed by atoms with Crippen molar-refractivity contribution in [3.05, 3.63) is 54.6 Å². The minimum Gasteiger partial charge on any atom is -0.458 e. The van der Waals surface area contributed by atoms with E-state index in [1.165, 1.54) is 6.33 Å². The topological polar surface area (TPSA) is 99.2 Å². The lowest BCUT2D eigenvalue weighted by atomic mass is 10.1. The Kier molecular flexibility index (Phi) is 6.61. The standard InChI is InChI=1S/C24H23Cl3N6O2/c25-24(26,27)23(34)32-12-4-5-16(13-32)33-22-19(21(28)29-14-30-22)20(31-33)15-8-10-18(11-9-15)35-17-6-2-1-3-7-17/h2,6-11,14,16H,1,3-5,12-13H2,(H2,28,29,30)/t16-/m1/s1. The lowest BCUT2D eigenvalue weighted by molar-refractivity contribution is -0.131. The molecule has 1 aliphatic heterocycles. The average Bonchev–Trinajstić information content (AvgIpc) is 3.25. The van der Waals surface area contributed by atoms with E-state index in [1.54, 1.807) is 4.90 Å². The first-order chi connectivity index (χ1) is 16.8. The molecule has 1 amide bonds.